The third-order valence-electron chi connectivity index (χ3n) is 2.98. The van der Waals surface area contributed by atoms with E-state index in [4.69, 9.17) is 5.73 Å². The van der Waals surface area contributed by atoms with E-state index in [1.807, 2.05) is 25.1 Å². The molecule has 2 aromatic heterocycles. The molecule has 0 fully saturated rings. The van der Waals surface area contributed by atoms with E-state index >= 15 is 0 Å². The van der Waals surface area contributed by atoms with E-state index in [0.29, 0.717) is 11.5 Å². The van der Waals surface area contributed by atoms with Gasteiger partial charge in [-0.25, -0.2) is 0 Å². The van der Waals surface area contributed by atoms with Crippen LogP contribution in [-0.4, -0.2) is 25.6 Å². The largest absolute Gasteiger partial charge is 0.397 e. The lowest BCUT2D eigenvalue weighted by atomic mass is 10.1. The van der Waals surface area contributed by atoms with Crippen LogP contribution in [0.15, 0.2) is 30.6 Å². The highest BCUT2D eigenvalue weighted by molar-refractivity contribution is 5.98. The quantitative estimate of drug-likeness (QED) is 0.612. The second kappa shape index (κ2) is 4.52. The number of nitrogens with zero attached hydrogens (tertiary/aromatic N) is 4. The van der Waals surface area contributed by atoms with Gasteiger partial charge in [-0.05, 0) is 19.1 Å². The number of rotatable bonds is 3. The van der Waals surface area contributed by atoms with Gasteiger partial charge in [0.05, 0.1) is 17.4 Å². The van der Waals surface area contributed by atoms with Crippen LogP contribution < -0.4 is 11.1 Å². The van der Waals surface area contributed by atoms with E-state index in [-0.39, 0.29) is 6.04 Å². The van der Waals surface area contributed by atoms with Gasteiger partial charge in [-0.3, -0.25) is 4.98 Å². The van der Waals surface area contributed by atoms with E-state index < -0.39 is 0 Å². The second-order valence-corrected chi connectivity index (χ2v) is 4.26. The van der Waals surface area contributed by atoms with Gasteiger partial charge in [0.1, 0.15) is 0 Å². The zero-order chi connectivity index (χ0) is 13.2. The molecule has 1 atom stereocenters. The number of fused-ring (bicyclic) bond motifs is 1. The molecule has 0 aliphatic rings. The molecule has 19 heavy (non-hydrogen) atoms. The van der Waals surface area contributed by atoms with Crippen LogP contribution in [0.3, 0.4) is 0 Å². The number of aromatic nitrogens is 5. The lowest BCUT2D eigenvalue weighted by molar-refractivity contribution is 0.794. The van der Waals surface area contributed by atoms with Crippen molar-refractivity contribution in [1.82, 2.24) is 25.6 Å². The minimum Gasteiger partial charge on any atom is -0.397 e. The third-order valence-corrected chi connectivity index (χ3v) is 2.98. The van der Waals surface area contributed by atoms with Gasteiger partial charge in [0.25, 0.3) is 0 Å². The van der Waals surface area contributed by atoms with Crippen LogP contribution in [0.2, 0.25) is 0 Å². The molecule has 0 amide bonds. The lowest BCUT2D eigenvalue weighted by Gasteiger charge is -2.15. The maximum absolute atomic E-state index is 6.17. The van der Waals surface area contributed by atoms with Gasteiger partial charge in [-0.15, -0.1) is 10.2 Å². The number of pyridine rings is 1. The number of tetrazole rings is 1. The molecule has 0 saturated heterocycles. The molecule has 0 aliphatic heterocycles. The second-order valence-electron chi connectivity index (χ2n) is 4.26. The van der Waals surface area contributed by atoms with Crippen molar-refractivity contribution in [3.05, 3.63) is 36.4 Å². The molecule has 0 spiro atoms. The van der Waals surface area contributed by atoms with Gasteiger partial charge in [-0.1, -0.05) is 11.3 Å². The molecule has 1 aromatic carbocycles. The number of hydrogen-bond acceptors (Lipinski definition) is 6. The molecule has 0 bridgehead atoms. The highest BCUT2D eigenvalue weighted by Gasteiger charge is 2.12. The third kappa shape index (κ3) is 2.05. The molecule has 96 valence electrons. The summed E-state index contributed by atoms with van der Waals surface area (Å²) in [6.45, 7) is 1.95. The zero-order valence-corrected chi connectivity index (χ0v) is 10.3. The monoisotopic (exact) mass is 255 g/mol. The van der Waals surface area contributed by atoms with E-state index in [0.717, 1.165) is 16.5 Å². The molecule has 3 rings (SSSR count). The van der Waals surface area contributed by atoms with Crippen LogP contribution in [0, 0.1) is 0 Å². The molecular formula is C12H13N7. The van der Waals surface area contributed by atoms with E-state index in [1.54, 1.807) is 12.4 Å². The van der Waals surface area contributed by atoms with Crippen molar-refractivity contribution in [2.75, 3.05) is 11.1 Å². The normalized spacial score (nSPS) is 12.5. The van der Waals surface area contributed by atoms with Gasteiger partial charge >= 0.3 is 0 Å². The van der Waals surface area contributed by atoms with Gasteiger partial charge < -0.3 is 11.1 Å². The zero-order valence-electron chi connectivity index (χ0n) is 10.3. The first-order valence-electron chi connectivity index (χ1n) is 5.88. The molecule has 4 N–H and O–H groups in total. The first-order chi connectivity index (χ1) is 9.25. The Hall–Kier alpha value is -2.70. The number of anilines is 2. The van der Waals surface area contributed by atoms with Crippen molar-refractivity contribution in [1.29, 1.82) is 0 Å². The Labute approximate surface area is 109 Å². The number of nitrogens with one attached hydrogen (secondary N) is 2. The summed E-state index contributed by atoms with van der Waals surface area (Å²) in [6, 6.07) is 5.72. The molecule has 0 aliphatic carbocycles. The average molecular weight is 255 g/mol. The van der Waals surface area contributed by atoms with Crippen molar-refractivity contribution in [2.24, 2.45) is 0 Å². The molecule has 7 nitrogen and oxygen atoms in total. The Morgan fingerprint density at radius 1 is 1.32 bits per heavy atom. The summed E-state index contributed by atoms with van der Waals surface area (Å²) in [5.74, 6) is 0.592. The Bertz CT molecular complexity index is 692. The standard InChI is InChI=1S/C12H13N7/c1-7(12-16-18-19-17-12)15-10-3-2-8-6-14-5-4-9(8)11(10)13/h2-7,15H,13H2,1H3,(H,16,17,18,19). The van der Waals surface area contributed by atoms with Crippen molar-refractivity contribution in [2.45, 2.75) is 13.0 Å². The fraction of sp³-hybridized carbons (Fsp3) is 0.167. The number of H-pyrrole nitrogens is 1. The predicted molar refractivity (Wildman–Crippen MR) is 72.4 cm³/mol. The van der Waals surface area contributed by atoms with E-state index in [9.17, 15) is 0 Å². The van der Waals surface area contributed by atoms with Gasteiger partial charge in [0, 0.05) is 23.2 Å². The van der Waals surface area contributed by atoms with Gasteiger partial charge in [0.15, 0.2) is 5.82 Å². The molecule has 0 radical (unpaired) electrons. The Kier molecular flexibility index (Phi) is 2.71. The van der Waals surface area contributed by atoms with E-state index in [2.05, 4.69) is 30.9 Å². The van der Waals surface area contributed by atoms with Crippen LogP contribution in [0.5, 0.6) is 0 Å². The molecule has 1 unspecified atom stereocenters. The highest BCUT2D eigenvalue weighted by Crippen LogP contribution is 2.29. The molecule has 3 aromatic rings. The van der Waals surface area contributed by atoms with Crippen molar-refractivity contribution < 1.29 is 0 Å². The summed E-state index contributed by atoms with van der Waals surface area (Å²) in [4.78, 5) is 4.08. The number of nitrogen functional groups attached to an aromatic ring is 1. The fourth-order valence-corrected chi connectivity index (χ4v) is 1.97. The average Bonchev–Trinajstić information content (AvgIpc) is 2.96. The van der Waals surface area contributed by atoms with Crippen LogP contribution in [0.4, 0.5) is 11.4 Å². The predicted octanol–water partition coefficient (Wildman–Crippen LogP) is 1.50. The van der Waals surface area contributed by atoms with Crippen molar-refractivity contribution >= 4 is 22.1 Å². The highest BCUT2D eigenvalue weighted by atomic mass is 15.5. The topological polar surface area (TPSA) is 105 Å². The summed E-state index contributed by atoms with van der Waals surface area (Å²) < 4.78 is 0. The smallest absolute Gasteiger partial charge is 0.196 e. The lowest BCUT2D eigenvalue weighted by Crippen LogP contribution is -2.10. The van der Waals surface area contributed by atoms with Crippen molar-refractivity contribution in [3.8, 4) is 0 Å². The van der Waals surface area contributed by atoms with Crippen molar-refractivity contribution in [3.63, 3.8) is 0 Å². The van der Waals surface area contributed by atoms with Crippen LogP contribution in [0.1, 0.15) is 18.8 Å². The first kappa shape index (κ1) is 11.4. The van der Waals surface area contributed by atoms with Crippen LogP contribution in [0.25, 0.3) is 10.8 Å². The minimum atomic E-state index is -0.0830. The SMILES string of the molecule is CC(Nc1ccc2cnccc2c1N)c1nn[nH]n1. The number of benzene rings is 1. The summed E-state index contributed by atoms with van der Waals surface area (Å²) in [7, 11) is 0. The first-order valence-corrected chi connectivity index (χ1v) is 5.88. The summed E-state index contributed by atoms with van der Waals surface area (Å²) in [6.07, 6.45) is 3.52. The van der Waals surface area contributed by atoms with Crippen LogP contribution >= 0.6 is 0 Å². The Morgan fingerprint density at radius 3 is 3.00 bits per heavy atom. The number of aromatic amines is 1. The molecule has 0 saturated carbocycles. The van der Waals surface area contributed by atoms with Gasteiger partial charge in [0.2, 0.25) is 0 Å². The van der Waals surface area contributed by atoms with E-state index in [1.165, 1.54) is 0 Å². The fourth-order valence-electron chi connectivity index (χ4n) is 1.97. The number of hydrogen-bond donors (Lipinski definition) is 3. The Balaban J connectivity index is 1.95. The molecule has 2 heterocycles. The maximum atomic E-state index is 6.17. The van der Waals surface area contributed by atoms with Gasteiger partial charge in [-0.2, -0.15) is 5.21 Å². The van der Waals surface area contributed by atoms with Crippen LogP contribution in [-0.2, 0) is 0 Å². The minimum absolute atomic E-state index is 0.0830. The molecule has 7 heteroatoms. The molecular weight excluding hydrogens is 242 g/mol. The number of nitrogens with two attached hydrogens (primary N) is 1. The summed E-state index contributed by atoms with van der Waals surface area (Å²) in [5, 5.41) is 19.1. The summed E-state index contributed by atoms with van der Waals surface area (Å²) in [5.41, 5.74) is 7.70. The Morgan fingerprint density at radius 2 is 2.21 bits per heavy atom. The maximum Gasteiger partial charge on any atom is 0.196 e. The summed E-state index contributed by atoms with van der Waals surface area (Å²) >= 11 is 0.